The monoisotopic (exact) mass is 422 g/mol. The number of ether oxygens (including phenoxy) is 1. The van der Waals surface area contributed by atoms with Crippen molar-refractivity contribution in [2.45, 2.75) is 37.3 Å². The van der Waals surface area contributed by atoms with Crippen LogP contribution in [0.2, 0.25) is 5.02 Å². The van der Waals surface area contributed by atoms with Gasteiger partial charge < -0.3 is 15.0 Å². The van der Waals surface area contributed by atoms with Gasteiger partial charge in [0.1, 0.15) is 5.82 Å². The predicted molar refractivity (Wildman–Crippen MR) is 111 cm³/mol. The number of hydrogen-bond acceptors (Lipinski definition) is 5. The molecule has 26 heavy (non-hydrogen) atoms. The number of nitrogens with zero attached hydrogens (tertiary/aromatic N) is 3. The molecule has 3 aliphatic rings. The highest BCUT2D eigenvalue weighted by Crippen LogP contribution is 2.35. The fourth-order valence-electron chi connectivity index (χ4n) is 4.42. The van der Waals surface area contributed by atoms with Crippen LogP contribution in [0.3, 0.4) is 0 Å². The minimum atomic E-state index is 0. The summed E-state index contributed by atoms with van der Waals surface area (Å²) < 4.78 is 6.23. The van der Waals surface area contributed by atoms with Crippen molar-refractivity contribution < 1.29 is 4.74 Å². The number of piperazine rings is 1. The van der Waals surface area contributed by atoms with Gasteiger partial charge in [0.05, 0.1) is 10.6 Å². The molecule has 0 amide bonds. The normalized spacial score (nSPS) is 26.0. The first kappa shape index (κ1) is 22.0. The third-order valence-electron chi connectivity index (χ3n) is 5.85. The van der Waals surface area contributed by atoms with E-state index < -0.39 is 0 Å². The van der Waals surface area contributed by atoms with E-state index in [4.69, 9.17) is 16.3 Å². The van der Waals surface area contributed by atoms with Crippen LogP contribution in [0, 0.1) is 0 Å². The van der Waals surface area contributed by atoms with Gasteiger partial charge in [0, 0.05) is 45.0 Å². The molecule has 8 heteroatoms. The molecule has 148 valence electrons. The second kappa shape index (κ2) is 9.76. The van der Waals surface area contributed by atoms with Crippen molar-refractivity contribution in [3.8, 4) is 0 Å². The molecule has 3 fully saturated rings. The Balaban J connectivity index is 0.00000121. The molecule has 0 bridgehead atoms. The Morgan fingerprint density at radius 3 is 2.50 bits per heavy atom. The summed E-state index contributed by atoms with van der Waals surface area (Å²) >= 11 is 5.94. The summed E-state index contributed by atoms with van der Waals surface area (Å²) in [5.41, 5.74) is 0.142. The summed E-state index contributed by atoms with van der Waals surface area (Å²) in [7, 11) is 0. The molecule has 1 aromatic rings. The molecular weight excluding hydrogens is 395 g/mol. The molecule has 3 saturated heterocycles. The first-order valence-corrected chi connectivity index (χ1v) is 9.57. The lowest BCUT2D eigenvalue weighted by molar-refractivity contribution is -0.121. The fourth-order valence-corrected chi connectivity index (χ4v) is 4.53. The van der Waals surface area contributed by atoms with E-state index >= 15 is 0 Å². The average Bonchev–Trinajstić information content (AvgIpc) is 2.63. The highest BCUT2D eigenvalue weighted by molar-refractivity contribution is 6.30. The fraction of sp³-hybridized carbons (Fsp3) is 0.722. The Bertz CT molecular complexity index is 540. The second-order valence-electron chi connectivity index (χ2n) is 7.29. The molecule has 4 rings (SSSR count). The number of pyridine rings is 1. The molecule has 5 nitrogen and oxygen atoms in total. The van der Waals surface area contributed by atoms with Gasteiger partial charge in [-0.3, -0.25) is 4.90 Å². The molecule has 1 atom stereocenters. The van der Waals surface area contributed by atoms with Crippen LogP contribution in [-0.2, 0) is 4.74 Å². The Morgan fingerprint density at radius 1 is 1.12 bits per heavy atom. The number of anilines is 1. The topological polar surface area (TPSA) is 40.6 Å². The lowest BCUT2D eigenvalue weighted by Crippen LogP contribution is -2.56. The van der Waals surface area contributed by atoms with Gasteiger partial charge in [0.2, 0.25) is 0 Å². The van der Waals surface area contributed by atoms with Crippen molar-refractivity contribution in [2.75, 3.05) is 50.8 Å². The van der Waals surface area contributed by atoms with Crippen LogP contribution in [0.1, 0.15) is 25.7 Å². The molecule has 1 aromatic heterocycles. The molecule has 1 unspecified atom stereocenters. The largest absolute Gasteiger partial charge is 0.375 e. The summed E-state index contributed by atoms with van der Waals surface area (Å²) in [5, 5.41) is 4.16. The minimum Gasteiger partial charge on any atom is -0.375 e. The minimum absolute atomic E-state index is 0. The molecule has 1 N–H and O–H groups in total. The van der Waals surface area contributed by atoms with Gasteiger partial charge in [-0.25, -0.2) is 4.98 Å². The van der Waals surface area contributed by atoms with Crippen LogP contribution in [0.5, 0.6) is 0 Å². The highest BCUT2D eigenvalue weighted by atomic mass is 35.5. The SMILES string of the molecule is Cl.Cl.Clc1ccc(N2CCN(C3CCOC4(CCNCC4)C3)CC2)nc1. The van der Waals surface area contributed by atoms with Crippen LogP contribution < -0.4 is 10.2 Å². The van der Waals surface area contributed by atoms with Gasteiger partial charge in [0.15, 0.2) is 0 Å². The molecule has 4 heterocycles. The maximum Gasteiger partial charge on any atom is 0.128 e. The lowest BCUT2D eigenvalue weighted by Gasteiger charge is -2.48. The molecule has 0 radical (unpaired) electrons. The zero-order valence-corrected chi connectivity index (χ0v) is 17.4. The quantitative estimate of drug-likeness (QED) is 0.792. The van der Waals surface area contributed by atoms with Crippen molar-refractivity contribution in [1.29, 1.82) is 0 Å². The molecule has 0 aliphatic carbocycles. The van der Waals surface area contributed by atoms with Crippen molar-refractivity contribution >= 4 is 42.2 Å². The van der Waals surface area contributed by atoms with Crippen LogP contribution in [0.15, 0.2) is 18.3 Å². The number of nitrogens with one attached hydrogen (secondary N) is 1. The van der Waals surface area contributed by atoms with E-state index in [1.807, 2.05) is 12.1 Å². The Kier molecular flexibility index (Phi) is 8.26. The number of piperidine rings is 1. The van der Waals surface area contributed by atoms with Crippen LogP contribution in [-0.4, -0.2) is 67.4 Å². The molecule has 0 saturated carbocycles. The van der Waals surface area contributed by atoms with Gasteiger partial charge in [0.25, 0.3) is 0 Å². The predicted octanol–water partition coefficient (Wildman–Crippen LogP) is 3.00. The van der Waals surface area contributed by atoms with Crippen molar-refractivity contribution in [2.24, 2.45) is 0 Å². The van der Waals surface area contributed by atoms with E-state index in [-0.39, 0.29) is 30.4 Å². The number of halogens is 3. The zero-order chi connectivity index (χ0) is 16.4. The smallest absolute Gasteiger partial charge is 0.128 e. The molecule has 0 aromatic carbocycles. The van der Waals surface area contributed by atoms with Crippen LogP contribution >= 0.6 is 36.4 Å². The Morgan fingerprint density at radius 2 is 1.85 bits per heavy atom. The Hall–Kier alpha value is -0.300. The highest BCUT2D eigenvalue weighted by Gasteiger charge is 2.40. The van der Waals surface area contributed by atoms with E-state index in [0.717, 1.165) is 64.5 Å². The van der Waals surface area contributed by atoms with Gasteiger partial charge >= 0.3 is 0 Å². The van der Waals surface area contributed by atoms with E-state index in [0.29, 0.717) is 11.1 Å². The van der Waals surface area contributed by atoms with E-state index in [1.54, 1.807) is 6.20 Å². The van der Waals surface area contributed by atoms with Gasteiger partial charge in [-0.1, -0.05) is 11.6 Å². The van der Waals surface area contributed by atoms with E-state index in [2.05, 4.69) is 20.1 Å². The number of rotatable bonds is 2. The number of aromatic nitrogens is 1. The third-order valence-corrected chi connectivity index (χ3v) is 6.07. The summed E-state index contributed by atoms with van der Waals surface area (Å²) in [5.74, 6) is 1.04. The van der Waals surface area contributed by atoms with Crippen LogP contribution in [0.25, 0.3) is 0 Å². The Labute approximate surface area is 173 Å². The van der Waals surface area contributed by atoms with Crippen LogP contribution in [0.4, 0.5) is 5.82 Å². The average molecular weight is 424 g/mol. The van der Waals surface area contributed by atoms with Crippen molar-refractivity contribution in [3.05, 3.63) is 23.4 Å². The molecular formula is C18H29Cl3N4O. The van der Waals surface area contributed by atoms with Gasteiger partial charge in [-0.2, -0.15) is 0 Å². The van der Waals surface area contributed by atoms with Gasteiger partial charge in [-0.15, -0.1) is 24.8 Å². The molecule has 1 spiro atoms. The van der Waals surface area contributed by atoms with Crippen molar-refractivity contribution in [3.63, 3.8) is 0 Å². The first-order chi connectivity index (χ1) is 11.7. The summed E-state index contributed by atoms with van der Waals surface area (Å²) in [4.78, 5) is 9.50. The van der Waals surface area contributed by atoms with Gasteiger partial charge in [-0.05, 0) is 50.9 Å². The van der Waals surface area contributed by atoms with E-state index in [9.17, 15) is 0 Å². The van der Waals surface area contributed by atoms with E-state index in [1.165, 1.54) is 12.8 Å². The zero-order valence-electron chi connectivity index (χ0n) is 15.0. The molecule has 3 aliphatic heterocycles. The lowest BCUT2D eigenvalue weighted by atomic mass is 9.82. The van der Waals surface area contributed by atoms with Crippen molar-refractivity contribution in [1.82, 2.24) is 15.2 Å². The summed E-state index contributed by atoms with van der Waals surface area (Å²) in [6, 6.07) is 4.63. The number of hydrogen-bond donors (Lipinski definition) is 1. The second-order valence-corrected chi connectivity index (χ2v) is 7.72. The standard InChI is InChI=1S/C18H27ClN4O.2ClH/c19-15-1-2-17(21-14-15)23-10-8-22(9-11-23)16-3-12-24-18(13-16)4-6-20-7-5-18;;/h1-2,14,16,20H,3-13H2;2*1H. The first-order valence-electron chi connectivity index (χ1n) is 9.19. The summed E-state index contributed by atoms with van der Waals surface area (Å²) in [6.45, 7) is 7.43. The maximum atomic E-state index is 6.23. The third kappa shape index (κ3) is 4.94. The summed E-state index contributed by atoms with van der Waals surface area (Å²) in [6.07, 6.45) is 6.45. The maximum absolute atomic E-state index is 6.23.